The van der Waals surface area contributed by atoms with Crippen LogP contribution in [0, 0.1) is 6.92 Å². The Kier molecular flexibility index (Phi) is 6.42. The fourth-order valence-corrected chi connectivity index (χ4v) is 4.57. The van der Waals surface area contributed by atoms with E-state index in [1.807, 2.05) is 17.5 Å². The van der Waals surface area contributed by atoms with Crippen LogP contribution in [0.5, 0.6) is 0 Å². The SMILES string of the molecule is Cc1noc2nc(-c3cccs3)cc(C(=O)OCC(=O)NC3CCCCCCC3)c12. The predicted molar refractivity (Wildman–Crippen MR) is 114 cm³/mol. The van der Waals surface area contributed by atoms with Crippen LogP contribution in [0.4, 0.5) is 0 Å². The van der Waals surface area contributed by atoms with Crippen molar-refractivity contribution >= 4 is 34.3 Å². The molecule has 7 nitrogen and oxygen atoms in total. The quantitative estimate of drug-likeness (QED) is 0.596. The van der Waals surface area contributed by atoms with Gasteiger partial charge in [0.2, 0.25) is 0 Å². The molecule has 0 bridgehead atoms. The average molecular weight is 428 g/mol. The Morgan fingerprint density at radius 3 is 2.73 bits per heavy atom. The van der Waals surface area contributed by atoms with Gasteiger partial charge in [-0.1, -0.05) is 43.3 Å². The van der Waals surface area contributed by atoms with Crippen molar-refractivity contribution in [2.24, 2.45) is 0 Å². The van der Waals surface area contributed by atoms with E-state index >= 15 is 0 Å². The normalized spacial score (nSPS) is 15.5. The Labute approximate surface area is 178 Å². The summed E-state index contributed by atoms with van der Waals surface area (Å²) in [5, 5.41) is 9.39. The fraction of sp³-hybridized carbons (Fsp3) is 0.455. The number of nitrogens with zero attached hydrogens (tertiary/aromatic N) is 2. The molecule has 0 unspecified atom stereocenters. The first-order valence-corrected chi connectivity index (χ1v) is 11.3. The molecule has 3 heterocycles. The molecule has 4 rings (SSSR count). The monoisotopic (exact) mass is 427 g/mol. The highest BCUT2D eigenvalue weighted by Gasteiger charge is 2.22. The third-order valence-electron chi connectivity index (χ3n) is 5.42. The Bertz CT molecular complexity index is 1020. The Morgan fingerprint density at radius 1 is 1.23 bits per heavy atom. The molecule has 1 amide bonds. The van der Waals surface area contributed by atoms with E-state index in [1.54, 1.807) is 13.0 Å². The van der Waals surface area contributed by atoms with Gasteiger partial charge in [0.1, 0.15) is 0 Å². The van der Waals surface area contributed by atoms with Gasteiger partial charge >= 0.3 is 5.97 Å². The zero-order valence-electron chi connectivity index (χ0n) is 17.0. The lowest BCUT2D eigenvalue weighted by molar-refractivity contribution is -0.125. The minimum Gasteiger partial charge on any atom is -0.452 e. The Morgan fingerprint density at radius 2 is 2.00 bits per heavy atom. The zero-order chi connectivity index (χ0) is 20.9. The lowest BCUT2D eigenvalue weighted by Crippen LogP contribution is -2.38. The number of esters is 1. The van der Waals surface area contributed by atoms with Crippen molar-refractivity contribution in [1.82, 2.24) is 15.5 Å². The van der Waals surface area contributed by atoms with Crippen LogP contribution in [0.2, 0.25) is 0 Å². The summed E-state index contributed by atoms with van der Waals surface area (Å²) >= 11 is 1.51. The summed E-state index contributed by atoms with van der Waals surface area (Å²) in [6.45, 7) is 1.44. The number of rotatable bonds is 5. The van der Waals surface area contributed by atoms with E-state index in [0.717, 1.165) is 30.6 Å². The van der Waals surface area contributed by atoms with E-state index in [4.69, 9.17) is 9.26 Å². The molecule has 8 heteroatoms. The van der Waals surface area contributed by atoms with Gasteiger partial charge in [-0.25, -0.2) is 9.78 Å². The topological polar surface area (TPSA) is 94.3 Å². The molecule has 0 radical (unpaired) electrons. The molecule has 0 saturated heterocycles. The van der Waals surface area contributed by atoms with E-state index in [9.17, 15) is 9.59 Å². The third kappa shape index (κ3) is 4.70. The number of amides is 1. The van der Waals surface area contributed by atoms with Crippen LogP contribution in [0.25, 0.3) is 21.7 Å². The summed E-state index contributed by atoms with van der Waals surface area (Å²) in [4.78, 5) is 30.6. The maximum absolute atomic E-state index is 12.8. The van der Waals surface area contributed by atoms with Crippen LogP contribution in [0.3, 0.4) is 0 Å². The molecule has 30 heavy (non-hydrogen) atoms. The summed E-state index contributed by atoms with van der Waals surface area (Å²) in [5.74, 6) is -0.848. The van der Waals surface area contributed by atoms with E-state index in [1.165, 1.54) is 30.6 Å². The number of hydrogen-bond donors (Lipinski definition) is 1. The van der Waals surface area contributed by atoms with Crippen molar-refractivity contribution in [2.45, 2.75) is 57.9 Å². The van der Waals surface area contributed by atoms with E-state index in [0.29, 0.717) is 22.3 Å². The van der Waals surface area contributed by atoms with Gasteiger partial charge in [-0.3, -0.25) is 4.79 Å². The maximum Gasteiger partial charge on any atom is 0.339 e. The number of carbonyl (C=O) groups is 2. The molecule has 0 spiro atoms. The molecule has 1 fully saturated rings. The molecule has 1 saturated carbocycles. The smallest absolute Gasteiger partial charge is 0.339 e. The summed E-state index contributed by atoms with van der Waals surface area (Å²) < 4.78 is 10.6. The second kappa shape index (κ2) is 9.38. The molecule has 1 aliphatic carbocycles. The van der Waals surface area contributed by atoms with Crippen LogP contribution in [-0.2, 0) is 9.53 Å². The first kappa shape index (κ1) is 20.5. The molecule has 158 valence electrons. The molecular weight excluding hydrogens is 402 g/mol. The molecule has 0 aromatic carbocycles. The summed E-state index contributed by atoms with van der Waals surface area (Å²) in [7, 11) is 0. The van der Waals surface area contributed by atoms with Crippen LogP contribution in [-0.4, -0.2) is 34.7 Å². The highest BCUT2D eigenvalue weighted by molar-refractivity contribution is 7.13. The lowest BCUT2D eigenvalue weighted by atomic mass is 9.97. The maximum atomic E-state index is 12.8. The predicted octanol–water partition coefficient (Wildman–Crippen LogP) is 4.65. The van der Waals surface area contributed by atoms with Crippen LogP contribution in [0.15, 0.2) is 28.1 Å². The number of nitrogens with one attached hydrogen (secondary N) is 1. The molecule has 0 atom stereocenters. The van der Waals surface area contributed by atoms with Crippen molar-refractivity contribution in [2.75, 3.05) is 6.61 Å². The Hall–Kier alpha value is -2.74. The van der Waals surface area contributed by atoms with Crippen molar-refractivity contribution in [3.63, 3.8) is 0 Å². The summed E-state index contributed by atoms with van der Waals surface area (Å²) in [6, 6.07) is 5.66. The number of aryl methyl sites for hydroxylation is 1. The zero-order valence-corrected chi connectivity index (χ0v) is 17.8. The van der Waals surface area contributed by atoms with Gasteiger partial charge in [-0.15, -0.1) is 11.3 Å². The van der Waals surface area contributed by atoms with Gasteiger partial charge in [0.25, 0.3) is 11.6 Å². The second-order valence-electron chi connectivity index (χ2n) is 7.67. The van der Waals surface area contributed by atoms with E-state index < -0.39 is 5.97 Å². The van der Waals surface area contributed by atoms with Crippen molar-refractivity contribution in [3.05, 3.63) is 34.8 Å². The molecule has 3 aromatic rings. The minimum absolute atomic E-state index is 0.162. The standard InChI is InChI=1S/C22H25N3O4S/c1-14-20-16(12-17(18-10-7-11-30-18)24-21(20)29-25-14)22(27)28-13-19(26)23-15-8-5-3-2-4-6-9-15/h7,10-12,15H,2-6,8-9,13H2,1H3,(H,23,26). The number of thiophene rings is 1. The molecule has 1 aliphatic rings. The number of ether oxygens (including phenoxy) is 1. The van der Waals surface area contributed by atoms with Gasteiger partial charge in [-0.2, -0.15) is 0 Å². The van der Waals surface area contributed by atoms with Crippen molar-refractivity contribution in [1.29, 1.82) is 0 Å². The van der Waals surface area contributed by atoms with Crippen LogP contribution < -0.4 is 5.32 Å². The molecular formula is C22H25N3O4S. The highest BCUT2D eigenvalue weighted by atomic mass is 32.1. The van der Waals surface area contributed by atoms with Gasteiger partial charge in [-0.05, 0) is 37.3 Å². The van der Waals surface area contributed by atoms with E-state index in [2.05, 4.69) is 15.5 Å². The van der Waals surface area contributed by atoms with Gasteiger partial charge in [0.05, 0.1) is 27.2 Å². The summed E-state index contributed by atoms with van der Waals surface area (Å²) in [5.41, 5.74) is 1.76. The largest absolute Gasteiger partial charge is 0.452 e. The van der Waals surface area contributed by atoms with E-state index in [-0.39, 0.29) is 24.3 Å². The van der Waals surface area contributed by atoms with Crippen molar-refractivity contribution in [3.8, 4) is 10.6 Å². The average Bonchev–Trinajstić information content (AvgIpc) is 3.38. The van der Waals surface area contributed by atoms with Crippen LogP contribution in [0.1, 0.15) is 61.0 Å². The number of hydrogen-bond acceptors (Lipinski definition) is 7. The molecule has 3 aromatic heterocycles. The lowest BCUT2D eigenvalue weighted by Gasteiger charge is -2.20. The Balaban J connectivity index is 1.46. The van der Waals surface area contributed by atoms with Crippen LogP contribution >= 0.6 is 11.3 Å². The van der Waals surface area contributed by atoms with Gasteiger partial charge in [0.15, 0.2) is 6.61 Å². The molecule has 1 N–H and O–H groups in total. The third-order valence-corrected chi connectivity index (χ3v) is 6.31. The first-order chi connectivity index (χ1) is 14.6. The number of carbonyl (C=O) groups excluding carboxylic acids is 2. The van der Waals surface area contributed by atoms with Gasteiger partial charge in [0, 0.05) is 6.04 Å². The van der Waals surface area contributed by atoms with Gasteiger partial charge < -0.3 is 14.6 Å². The minimum atomic E-state index is -0.584. The van der Waals surface area contributed by atoms with Crippen molar-refractivity contribution < 1.29 is 18.8 Å². The highest BCUT2D eigenvalue weighted by Crippen LogP contribution is 2.29. The summed E-state index contributed by atoms with van der Waals surface area (Å²) in [6.07, 6.45) is 7.90. The first-order valence-electron chi connectivity index (χ1n) is 10.4. The fourth-order valence-electron chi connectivity index (χ4n) is 3.88. The number of pyridine rings is 1. The second-order valence-corrected chi connectivity index (χ2v) is 8.61. The number of aromatic nitrogens is 2. The molecule has 0 aliphatic heterocycles. The number of fused-ring (bicyclic) bond motifs is 1.